The Kier molecular flexibility index (Phi) is 5.20. The van der Waals surface area contributed by atoms with Gasteiger partial charge in [0.15, 0.2) is 0 Å². The number of anilines is 1. The smallest absolute Gasteiger partial charge is 0.324 e. The molecular weight excluding hydrogens is 353 g/mol. The number of hydrogen-bond acceptors (Lipinski definition) is 4. The Morgan fingerprint density at radius 1 is 1.43 bits per heavy atom. The van der Waals surface area contributed by atoms with Gasteiger partial charge in [-0.3, -0.25) is 9.89 Å². The number of hydrogen-bond donors (Lipinski definition) is 2. The van der Waals surface area contributed by atoms with E-state index in [0.717, 1.165) is 30.0 Å². The molecule has 0 fully saturated rings. The summed E-state index contributed by atoms with van der Waals surface area (Å²) in [6.07, 6.45) is -4.51. The minimum atomic E-state index is -4.51. The molecule has 1 unspecified atom stereocenters. The highest BCUT2D eigenvalue weighted by Gasteiger charge is 2.31. The van der Waals surface area contributed by atoms with E-state index in [1.165, 1.54) is 0 Å². The van der Waals surface area contributed by atoms with Gasteiger partial charge in [-0.05, 0) is 32.0 Å². The maximum Gasteiger partial charge on any atom is 0.416 e. The number of alkyl halides is 3. The quantitative estimate of drug-likeness (QED) is 0.807. The van der Waals surface area contributed by atoms with E-state index in [1.807, 2.05) is 0 Å². The Labute approximate surface area is 139 Å². The van der Waals surface area contributed by atoms with Gasteiger partial charge in [0.1, 0.15) is 5.82 Å². The van der Waals surface area contributed by atoms with Crippen molar-refractivity contribution in [1.82, 2.24) is 15.2 Å². The van der Waals surface area contributed by atoms with Crippen LogP contribution in [0.1, 0.15) is 18.3 Å². The van der Waals surface area contributed by atoms with Crippen LogP contribution in [0, 0.1) is 6.92 Å². The van der Waals surface area contributed by atoms with Crippen LogP contribution >= 0.6 is 23.4 Å². The summed E-state index contributed by atoms with van der Waals surface area (Å²) in [6, 6.07) is 2.75. The zero-order chi connectivity index (χ0) is 17.2. The Balaban J connectivity index is 2.10. The van der Waals surface area contributed by atoms with Gasteiger partial charge >= 0.3 is 6.18 Å². The molecule has 1 aromatic heterocycles. The molecule has 1 heterocycles. The zero-order valence-corrected chi connectivity index (χ0v) is 13.6. The first-order valence-electron chi connectivity index (χ1n) is 6.40. The van der Waals surface area contributed by atoms with Crippen LogP contribution in [0.25, 0.3) is 0 Å². The molecule has 0 aliphatic carbocycles. The summed E-state index contributed by atoms with van der Waals surface area (Å²) in [7, 11) is 0. The SMILES string of the molecule is Cc1nc(SC(C)C(=O)Nc2cc(C(F)(F)F)ccc2Cl)n[nH]1. The Morgan fingerprint density at radius 3 is 2.70 bits per heavy atom. The lowest BCUT2D eigenvalue weighted by molar-refractivity contribution is -0.137. The molecule has 0 spiro atoms. The van der Waals surface area contributed by atoms with Crippen molar-refractivity contribution < 1.29 is 18.0 Å². The Morgan fingerprint density at radius 2 is 2.13 bits per heavy atom. The summed E-state index contributed by atoms with van der Waals surface area (Å²) in [5.41, 5.74) is -0.979. The van der Waals surface area contributed by atoms with Crippen molar-refractivity contribution in [2.45, 2.75) is 30.4 Å². The third-order valence-corrected chi connectivity index (χ3v) is 4.07. The van der Waals surface area contributed by atoms with Gasteiger partial charge in [-0.1, -0.05) is 23.4 Å². The molecule has 124 valence electrons. The lowest BCUT2D eigenvalue weighted by Gasteiger charge is -2.13. The maximum atomic E-state index is 12.7. The fourth-order valence-corrected chi connectivity index (χ4v) is 2.55. The van der Waals surface area contributed by atoms with Crippen molar-refractivity contribution in [2.75, 3.05) is 5.32 Å². The van der Waals surface area contributed by atoms with E-state index in [4.69, 9.17) is 11.6 Å². The van der Waals surface area contributed by atoms with Crippen molar-refractivity contribution in [1.29, 1.82) is 0 Å². The lowest BCUT2D eigenvalue weighted by Crippen LogP contribution is -2.23. The fraction of sp³-hybridized carbons (Fsp3) is 0.308. The van der Waals surface area contributed by atoms with Crippen LogP contribution in [-0.2, 0) is 11.0 Å². The number of rotatable bonds is 4. The van der Waals surface area contributed by atoms with Gasteiger partial charge < -0.3 is 5.32 Å². The number of nitrogens with one attached hydrogen (secondary N) is 2. The molecule has 1 atom stereocenters. The summed E-state index contributed by atoms with van der Waals surface area (Å²) in [5.74, 6) is 0.0970. The number of aromatic nitrogens is 3. The first kappa shape index (κ1) is 17.6. The monoisotopic (exact) mass is 364 g/mol. The molecule has 0 saturated carbocycles. The van der Waals surface area contributed by atoms with Gasteiger partial charge in [-0.2, -0.15) is 13.2 Å². The van der Waals surface area contributed by atoms with Crippen molar-refractivity contribution in [3.63, 3.8) is 0 Å². The van der Waals surface area contributed by atoms with E-state index in [1.54, 1.807) is 13.8 Å². The summed E-state index contributed by atoms with van der Waals surface area (Å²) in [4.78, 5) is 16.1. The van der Waals surface area contributed by atoms with Crippen molar-refractivity contribution >= 4 is 35.0 Å². The van der Waals surface area contributed by atoms with E-state index in [2.05, 4.69) is 20.5 Å². The van der Waals surface area contributed by atoms with Crippen LogP contribution in [0.2, 0.25) is 5.02 Å². The number of benzene rings is 1. The third kappa shape index (κ3) is 4.61. The molecule has 1 amide bonds. The fourth-order valence-electron chi connectivity index (χ4n) is 1.62. The lowest BCUT2D eigenvalue weighted by atomic mass is 10.2. The normalized spacial score (nSPS) is 13.0. The van der Waals surface area contributed by atoms with E-state index >= 15 is 0 Å². The molecule has 2 rings (SSSR count). The second kappa shape index (κ2) is 6.79. The number of H-pyrrole nitrogens is 1. The molecule has 0 aliphatic heterocycles. The van der Waals surface area contributed by atoms with Crippen molar-refractivity contribution in [2.24, 2.45) is 0 Å². The minimum absolute atomic E-state index is 0.0253. The van der Waals surface area contributed by atoms with Crippen LogP contribution in [0.15, 0.2) is 23.4 Å². The molecular formula is C13H12ClF3N4OS. The van der Waals surface area contributed by atoms with Crippen LogP contribution in [0.5, 0.6) is 0 Å². The van der Waals surface area contributed by atoms with Gasteiger partial charge in [0.05, 0.1) is 21.5 Å². The van der Waals surface area contributed by atoms with Gasteiger partial charge in [-0.25, -0.2) is 4.98 Å². The second-order valence-electron chi connectivity index (χ2n) is 4.65. The Hall–Kier alpha value is -1.74. The average molecular weight is 365 g/mol. The molecule has 23 heavy (non-hydrogen) atoms. The van der Waals surface area contributed by atoms with Gasteiger partial charge in [-0.15, -0.1) is 5.10 Å². The number of amides is 1. The summed E-state index contributed by atoms with van der Waals surface area (Å²) < 4.78 is 38.1. The molecule has 0 bridgehead atoms. The van der Waals surface area contributed by atoms with E-state index in [9.17, 15) is 18.0 Å². The number of thioether (sulfide) groups is 1. The standard InChI is InChI=1S/C13H12ClF3N4OS/c1-6(23-12-18-7(2)20-21-12)11(22)19-10-5-8(13(15,16)17)3-4-9(10)14/h3-6H,1-2H3,(H,19,22)(H,18,20,21). The highest BCUT2D eigenvalue weighted by Crippen LogP contribution is 2.34. The summed E-state index contributed by atoms with van der Waals surface area (Å²) in [5, 5.41) is 8.69. The third-order valence-electron chi connectivity index (χ3n) is 2.78. The highest BCUT2D eigenvalue weighted by molar-refractivity contribution is 8.00. The molecule has 10 heteroatoms. The molecule has 0 aliphatic rings. The second-order valence-corrected chi connectivity index (χ2v) is 6.36. The van der Waals surface area contributed by atoms with Crippen LogP contribution in [-0.4, -0.2) is 26.3 Å². The van der Waals surface area contributed by atoms with Gasteiger partial charge in [0.25, 0.3) is 0 Å². The number of carbonyl (C=O) groups excluding carboxylic acids is 1. The van der Waals surface area contributed by atoms with Gasteiger partial charge in [0.2, 0.25) is 11.1 Å². The molecule has 1 aromatic carbocycles. The van der Waals surface area contributed by atoms with E-state index in [0.29, 0.717) is 11.0 Å². The van der Waals surface area contributed by atoms with Gasteiger partial charge in [0, 0.05) is 0 Å². The molecule has 2 aromatic rings. The predicted molar refractivity (Wildman–Crippen MR) is 81.5 cm³/mol. The van der Waals surface area contributed by atoms with Crippen molar-refractivity contribution in [3.8, 4) is 0 Å². The highest BCUT2D eigenvalue weighted by atomic mass is 35.5. The molecule has 2 N–H and O–H groups in total. The van der Waals surface area contributed by atoms with E-state index in [-0.39, 0.29) is 10.7 Å². The minimum Gasteiger partial charge on any atom is -0.324 e. The van der Waals surface area contributed by atoms with Crippen molar-refractivity contribution in [3.05, 3.63) is 34.6 Å². The van der Waals surface area contributed by atoms with Crippen LogP contribution in [0.3, 0.4) is 0 Å². The van der Waals surface area contributed by atoms with Crippen LogP contribution < -0.4 is 5.32 Å². The largest absolute Gasteiger partial charge is 0.416 e. The van der Waals surface area contributed by atoms with Crippen LogP contribution in [0.4, 0.5) is 18.9 Å². The number of aromatic amines is 1. The topological polar surface area (TPSA) is 70.7 Å². The zero-order valence-electron chi connectivity index (χ0n) is 12.0. The predicted octanol–water partition coefficient (Wildman–Crippen LogP) is 3.90. The first-order valence-corrected chi connectivity index (χ1v) is 7.66. The number of nitrogens with zero attached hydrogens (tertiary/aromatic N) is 2. The number of aryl methyl sites for hydroxylation is 1. The molecule has 5 nitrogen and oxygen atoms in total. The maximum absolute atomic E-state index is 12.7. The Bertz CT molecular complexity index is 719. The number of carbonyl (C=O) groups is 1. The average Bonchev–Trinajstić information content (AvgIpc) is 2.85. The first-order chi connectivity index (χ1) is 10.7. The molecule has 0 saturated heterocycles. The summed E-state index contributed by atoms with van der Waals surface area (Å²) in [6.45, 7) is 3.30. The summed E-state index contributed by atoms with van der Waals surface area (Å²) >= 11 is 6.92. The number of halogens is 4. The molecule has 0 radical (unpaired) electrons. The van der Waals surface area contributed by atoms with E-state index < -0.39 is 22.9 Å².